The van der Waals surface area contributed by atoms with Gasteiger partial charge >= 0.3 is 4.87 Å². The summed E-state index contributed by atoms with van der Waals surface area (Å²) in [5, 5.41) is 1.78. The maximum atomic E-state index is 12.2. The van der Waals surface area contributed by atoms with Crippen molar-refractivity contribution < 1.29 is 4.79 Å². The van der Waals surface area contributed by atoms with E-state index < -0.39 is 0 Å². The lowest BCUT2D eigenvalue weighted by Gasteiger charge is -2.19. The highest BCUT2D eigenvalue weighted by molar-refractivity contribution is 7.07. The number of amides is 1. The number of carbonyl (C=O) groups is 1. The van der Waals surface area contributed by atoms with Gasteiger partial charge in [-0.2, -0.15) is 0 Å². The van der Waals surface area contributed by atoms with E-state index in [1.54, 1.807) is 22.4 Å². The van der Waals surface area contributed by atoms with Gasteiger partial charge in [0.15, 0.2) is 0 Å². The number of aromatic nitrogens is 1. The van der Waals surface area contributed by atoms with E-state index in [2.05, 4.69) is 0 Å². The van der Waals surface area contributed by atoms with Gasteiger partial charge in [-0.05, 0) is 31.5 Å². The van der Waals surface area contributed by atoms with E-state index in [0.717, 1.165) is 22.6 Å². The van der Waals surface area contributed by atoms with Gasteiger partial charge in [-0.3, -0.25) is 14.2 Å². The van der Waals surface area contributed by atoms with Crippen LogP contribution in [0.25, 0.3) is 11.3 Å². The third-order valence-electron chi connectivity index (χ3n) is 3.40. The molecule has 0 saturated carbocycles. The molecule has 1 amide bonds. The molecule has 0 aliphatic rings. The molecular weight excluding hydrogens is 286 g/mol. The summed E-state index contributed by atoms with van der Waals surface area (Å²) in [6.07, 6.45) is 0. The van der Waals surface area contributed by atoms with Gasteiger partial charge in [-0.25, -0.2) is 0 Å². The van der Waals surface area contributed by atoms with E-state index in [-0.39, 0.29) is 17.3 Å². The Bertz CT molecular complexity index is 669. The van der Waals surface area contributed by atoms with Crippen molar-refractivity contribution in [3.05, 3.63) is 39.3 Å². The lowest BCUT2D eigenvalue weighted by Crippen LogP contribution is -2.35. The molecule has 0 unspecified atom stereocenters. The van der Waals surface area contributed by atoms with Crippen molar-refractivity contribution in [1.29, 1.82) is 0 Å². The predicted octanol–water partition coefficient (Wildman–Crippen LogP) is 2.03. The van der Waals surface area contributed by atoms with Gasteiger partial charge in [0.25, 0.3) is 0 Å². The molecule has 0 spiro atoms. The fourth-order valence-electron chi connectivity index (χ4n) is 2.17. The van der Waals surface area contributed by atoms with Crippen LogP contribution in [-0.4, -0.2) is 28.5 Å². The van der Waals surface area contributed by atoms with Crippen molar-refractivity contribution in [2.45, 2.75) is 20.4 Å². The van der Waals surface area contributed by atoms with Crippen LogP contribution in [0.15, 0.2) is 34.4 Å². The van der Waals surface area contributed by atoms with Crippen molar-refractivity contribution >= 4 is 22.9 Å². The van der Waals surface area contributed by atoms with Gasteiger partial charge in [0.1, 0.15) is 6.54 Å². The summed E-state index contributed by atoms with van der Waals surface area (Å²) >= 11 is 1.10. The second kappa shape index (κ2) is 6.58. The molecule has 1 aromatic carbocycles. The Morgan fingerprint density at radius 3 is 2.43 bits per heavy atom. The lowest BCUT2D eigenvalue weighted by molar-refractivity contribution is -0.131. The first-order valence-electron chi connectivity index (χ1n) is 6.88. The molecule has 2 aromatic rings. The fraction of sp³-hybridized carbons (Fsp3) is 0.333. The number of nitrogens with two attached hydrogens (primary N) is 1. The van der Waals surface area contributed by atoms with Crippen molar-refractivity contribution in [3.63, 3.8) is 0 Å². The lowest BCUT2D eigenvalue weighted by atomic mass is 10.1. The summed E-state index contributed by atoms with van der Waals surface area (Å²) in [6, 6.07) is 7.28. The topological polar surface area (TPSA) is 68.3 Å². The number of nitrogens with zero attached hydrogens (tertiary/aromatic N) is 2. The molecule has 2 rings (SSSR count). The highest BCUT2D eigenvalue weighted by Gasteiger charge is 2.15. The average Bonchev–Trinajstić information content (AvgIpc) is 2.83. The number of benzene rings is 1. The summed E-state index contributed by atoms with van der Waals surface area (Å²) in [5.74, 6) is -0.0443. The minimum Gasteiger partial charge on any atom is -0.399 e. The van der Waals surface area contributed by atoms with E-state index in [9.17, 15) is 9.59 Å². The Morgan fingerprint density at radius 2 is 1.86 bits per heavy atom. The van der Waals surface area contributed by atoms with Gasteiger partial charge in [0.05, 0.1) is 5.69 Å². The van der Waals surface area contributed by atoms with Crippen LogP contribution in [-0.2, 0) is 11.3 Å². The molecule has 0 atom stereocenters. The van der Waals surface area contributed by atoms with E-state index in [1.165, 1.54) is 4.57 Å². The Balaban J connectivity index is 2.32. The number of nitrogen functional groups attached to an aromatic ring is 1. The van der Waals surface area contributed by atoms with Crippen LogP contribution in [0.2, 0.25) is 0 Å². The average molecular weight is 305 g/mol. The second-order valence-electron chi connectivity index (χ2n) is 4.66. The summed E-state index contributed by atoms with van der Waals surface area (Å²) < 4.78 is 1.52. The minimum atomic E-state index is -0.123. The molecule has 0 radical (unpaired) electrons. The van der Waals surface area contributed by atoms with Crippen LogP contribution >= 0.6 is 11.3 Å². The zero-order valence-corrected chi connectivity index (χ0v) is 13.0. The first kappa shape index (κ1) is 15.3. The molecule has 0 aliphatic carbocycles. The van der Waals surface area contributed by atoms with E-state index >= 15 is 0 Å². The number of anilines is 1. The molecule has 6 heteroatoms. The van der Waals surface area contributed by atoms with Crippen LogP contribution in [0.3, 0.4) is 0 Å². The summed E-state index contributed by atoms with van der Waals surface area (Å²) in [6.45, 7) is 5.22. The van der Waals surface area contributed by atoms with Crippen molar-refractivity contribution in [2.24, 2.45) is 0 Å². The molecule has 0 bridgehead atoms. The zero-order valence-electron chi connectivity index (χ0n) is 12.2. The van der Waals surface area contributed by atoms with Gasteiger partial charge in [0.2, 0.25) is 5.91 Å². The van der Waals surface area contributed by atoms with Crippen LogP contribution < -0.4 is 10.6 Å². The third kappa shape index (κ3) is 3.33. The Kier molecular flexibility index (Phi) is 4.80. The highest BCUT2D eigenvalue weighted by atomic mass is 32.1. The molecule has 1 heterocycles. The van der Waals surface area contributed by atoms with Crippen molar-refractivity contribution in [3.8, 4) is 11.3 Å². The maximum absolute atomic E-state index is 12.2. The highest BCUT2D eigenvalue weighted by Crippen LogP contribution is 2.21. The van der Waals surface area contributed by atoms with Gasteiger partial charge in [-0.15, -0.1) is 0 Å². The molecular formula is C15H19N3O2S. The van der Waals surface area contributed by atoms with Crippen LogP contribution in [0, 0.1) is 0 Å². The first-order chi connectivity index (χ1) is 10.1. The number of rotatable bonds is 5. The van der Waals surface area contributed by atoms with E-state index in [4.69, 9.17) is 5.73 Å². The van der Waals surface area contributed by atoms with E-state index in [0.29, 0.717) is 18.8 Å². The summed E-state index contributed by atoms with van der Waals surface area (Å²) in [5.41, 5.74) is 7.99. The predicted molar refractivity (Wildman–Crippen MR) is 86.4 cm³/mol. The van der Waals surface area contributed by atoms with Crippen LogP contribution in [0.5, 0.6) is 0 Å². The normalized spacial score (nSPS) is 10.6. The molecule has 2 N–H and O–H groups in total. The molecule has 0 fully saturated rings. The van der Waals surface area contributed by atoms with Gasteiger partial charge in [-0.1, -0.05) is 23.5 Å². The summed E-state index contributed by atoms with van der Waals surface area (Å²) in [4.78, 5) is 25.8. The molecule has 1 aromatic heterocycles. The van der Waals surface area contributed by atoms with Gasteiger partial charge < -0.3 is 10.6 Å². The molecule has 0 aliphatic heterocycles. The zero-order chi connectivity index (χ0) is 15.4. The minimum absolute atomic E-state index is 0.0443. The number of likely N-dealkylation sites (N-methyl/N-ethyl adjacent to an activating group) is 1. The van der Waals surface area contributed by atoms with Gasteiger partial charge in [0, 0.05) is 24.2 Å². The Morgan fingerprint density at radius 1 is 1.24 bits per heavy atom. The quantitative estimate of drug-likeness (QED) is 0.859. The molecule has 5 nitrogen and oxygen atoms in total. The van der Waals surface area contributed by atoms with Crippen LogP contribution in [0.4, 0.5) is 5.69 Å². The van der Waals surface area contributed by atoms with Crippen LogP contribution in [0.1, 0.15) is 13.8 Å². The fourth-order valence-corrected chi connectivity index (χ4v) is 2.94. The second-order valence-corrected chi connectivity index (χ2v) is 5.48. The monoisotopic (exact) mass is 305 g/mol. The van der Waals surface area contributed by atoms with Crippen molar-refractivity contribution in [1.82, 2.24) is 9.47 Å². The summed E-state index contributed by atoms with van der Waals surface area (Å²) in [7, 11) is 0. The maximum Gasteiger partial charge on any atom is 0.308 e. The smallest absolute Gasteiger partial charge is 0.308 e. The number of hydrogen-bond donors (Lipinski definition) is 1. The SMILES string of the molecule is CCN(CC)C(=O)Cn1c(-c2ccc(N)cc2)csc1=O. The van der Waals surface area contributed by atoms with Crippen molar-refractivity contribution in [2.75, 3.05) is 18.8 Å². The number of thiazole rings is 1. The largest absolute Gasteiger partial charge is 0.399 e. The molecule has 0 saturated heterocycles. The first-order valence-corrected chi connectivity index (χ1v) is 7.76. The molecule has 112 valence electrons. The Hall–Kier alpha value is -2.08. The molecule has 21 heavy (non-hydrogen) atoms. The standard InChI is InChI=1S/C15H19N3O2S/c1-3-17(4-2)14(19)9-18-13(10-21-15(18)20)11-5-7-12(16)8-6-11/h5-8,10H,3-4,9,16H2,1-2H3. The van der Waals surface area contributed by atoms with E-state index in [1.807, 2.05) is 26.0 Å². The Labute approximate surface area is 127 Å². The number of carbonyl (C=O) groups excluding carboxylic acids is 1. The third-order valence-corrected chi connectivity index (χ3v) is 4.16. The number of hydrogen-bond acceptors (Lipinski definition) is 4.